The van der Waals surface area contributed by atoms with Gasteiger partial charge in [-0.25, -0.2) is 0 Å². The van der Waals surface area contributed by atoms with Gasteiger partial charge in [-0.1, -0.05) is 6.92 Å². The Bertz CT molecular complexity index is 342. The second-order valence-corrected chi connectivity index (χ2v) is 4.82. The first-order chi connectivity index (χ1) is 7.26. The van der Waals surface area contributed by atoms with Crippen LogP contribution in [0.3, 0.4) is 0 Å². The van der Waals surface area contributed by atoms with Crippen LogP contribution in [-0.2, 0) is 19.5 Å². The van der Waals surface area contributed by atoms with E-state index in [1.807, 2.05) is 0 Å². The molecule has 4 heteroatoms. The molecule has 0 unspecified atom stereocenters. The van der Waals surface area contributed by atoms with E-state index < -0.39 is 0 Å². The Kier molecular flexibility index (Phi) is 3.46. The predicted octanol–water partition coefficient (Wildman–Crippen LogP) is 2.48. The topological polar surface area (TPSA) is 29.9 Å². The molecule has 1 heterocycles. The number of halogens is 1. The highest BCUT2D eigenvalue weighted by Crippen LogP contribution is 2.24. The normalized spacial score (nSPS) is 15.9. The Morgan fingerprint density at radius 1 is 1.47 bits per heavy atom. The minimum atomic E-state index is 0.752. The van der Waals surface area contributed by atoms with Gasteiger partial charge < -0.3 is 5.32 Å². The Morgan fingerprint density at radius 3 is 2.73 bits per heavy atom. The van der Waals surface area contributed by atoms with Crippen LogP contribution in [0.15, 0.2) is 4.47 Å². The number of hydrogen-bond acceptors (Lipinski definition) is 2. The van der Waals surface area contributed by atoms with Crippen LogP contribution in [0.25, 0.3) is 0 Å². The van der Waals surface area contributed by atoms with Crippen molar-refractivity contribution in [2.24, 2.45) is 0 Å². The van der Waals surface area contributed by atoms with Gasteiger partial charge in [-0.05, 0) is 42.1 Å². The summed E-state index contributed by atoms with van der Waals surface area (Å²) in [6.07, 6.45) is 3.65. The van der Waals surface area contributed by atoms with Crippen LogP contribution in [0.4, 0.5) is 0 Å². The average Bonchev–Trinajstić information content (AvgIpc) is 3.01. The first-order valence-corrected chi connectivity index (χ1v) is 6.53. The minimum absolute atomic E-state index is 0.752. The Hall–Kier alpha value is -0.350. The fourth-order valence-corrected chi connectivity index (χ4v) is 2.42. The number of nitrogens with zero attached hydrogens (tertiary/aromatic N) is 2. The van der Waals surface area contributed by atoms with Crippen molar-refractivity contribution in [1.82, 2.24) is 15.1 Å². The van der Waals surface area contributed by atoms with Crippen molar-refractivity contribution in [3.05, 3.63) is 15.9 Å². The fourth-order valence-electron chi connectivity index (χ4n) is 1.71. The summed E-state index contributed by atoms with van der Waals surface area (Å²) in [5.41, 5.74) is 2.46. The number of aromatic nitrogens is 2. The first kappa shape index (κ1) is 11.1. The molecular formula is C11H18BrN3. The molecule has 15 heavy (non-hydrogen) atoms. The summed E-state index contributed by atoms with van der Waals surface area (Å²) in [6, 6.07) is 0.752. The smallest absolute Gasteiger partial charge is 0.0767 e. The van der Waals surface area contributed by atoms with Gasteiger partial charge in [-0.2, -0.15) is 5.10 Å². The summed E-state index contributed by atoms with van der Waals surface area (Å²) in [5.74, 6) is 0. The van der Waals surface area contributed by atoms with E-state index in [4.69, 9.17) is 0 Å². The van der Waals surface area contributed by atoms with Gasteiger partial charge in [-0.3, -0.25) is 4.68 Å². The molecule has 1 saturated carbocycles. The van der Waals surface area contributed by atoms with Crippen LogP contribution in [0, 0.1) is 0 Å². The molecule has 1 aliphatic carbocycles. The van der Waals surface area contributed by atoms with E-state index in [2.05, 4.69) is 44.9 Å². The summed E-state index contributed by atoms with van der Waals surface area (Å²) < 4.78 is 3.29. The van der Waals surface area contributed by atoms with Gasteiger partial charge in [0.15, 0.2) is 0 Å². The van der Waals surface area contributed by atoms with Crippen LogP contribution in [0.2, 0.25) is 0 Å². The second kappa shape index (κ2) is 4.66. The number of nitrogens with one attached hydrogen (secondary N) is 1. The standard InChI is InChI=1S/C11H18BrN3/c1-3-9-11(12)10(15(4-2)14-9)7-13-8-5-6-8/h8,13H,3-7H2,1-2H3. The predicted molar refractivity (Wildman–Crippen MR) is 64.8 cm³/mol. The van der Waals surface area contributed by atoms with E-state index in [0.29, 0.717) is 0 Å². The Morgan fingerprint density at radius 2 is 2.20 bits per heavy atom. The highest BCUT2D eigenvalue weighted by Gasteiger charge is 2.22. The molecule has 2 rings (SSSR count). The van der Waals surface area contributed by atoms with Crippen molar-refractivity contribution >= 4 is 15.9 Å². The Labute approximate surface area is 99.4 Å². The molecule has 0 spiro atoms. The van der Waals surface area contributed by atoms with Gasteiger partial charge >= 0.3 is 0 Å². The molecule has 0 aromatic carbocycles. The molecule has 1 N–H and O–H groups in total. The van der Waals surface area contributed by atoms with Gasteiger partial charge in [0.2, 0.25) is 0 Å². The van der Waals surface area contributed by atoms with Gasteiger partial charge in [0.25, 0.3) is 0 Å². The lowest BCUT2D eigenvalue weighted by molar-refractivity contribution is 0.575. The Balaban J connectivity index is 2.13. The number of aryl methyl sites for hydroxylation is 2. The lowest BCUT2D eigenvalue weighted by atomic mass is 10.3. The molecule has 1 fully saturated rings. The second-order valence-electron chi connectivity index (χ2n) is 4.03. The molecule has 0 amide bonds. The highest BCUT2D eigenvalue weighted by molar-refractivity contribution is 9.10. The van der Waals surface area contributed by atoms with E-state index >= 15 is 0 Å². The maximum atomic E-state index is 4.57. The minimum Gasteiger partial charge on any atom is -0.308 e. The van der Waals surface area contributed by atoms with Crippen LogP contribution >= 0.6 is 15.9 Å². The molecule has 3 nitrogen and oxygen atoms in total. The fraction of sp³-hybridized carbons (Fsp3) is 0.727. The zero-order valence-corrected chi connectivity index (χ0v) is 11.0. The van der Waals surface area contributed by atoms with Crippen molar-refractivity contribution in [1.29, 1.82) is 0 Å². The molecule has 84 valence electrons. The number of hydrogen-bond donors (Lipinski definition) is 1. The molecule has 0 aliphatic heterocycles. The summed E-state index contributed by atoms with van der Waals surface area (Å²) in [4.78, 5) is 0. The van der Waals surface area contributed by atoms with Crippen LogP contribution < -0.4 is 5.32 Å². The maximum Gasteiger partial charge on any atom is 0.0767 e. The van der Waals surface area contributed by atoms with Gasteiger partial charge in [0, 0.05) is 19.1 Å². The molecule has 1 aromatic rings. The maximum absolute atomic E-state index is 4.57. The van der Waals surface area contributed by atoms with E-state index in [9.17, 15) is 0 Å². The van der Waals surface area contributed by atoms with Gasteiger partial charge in [0.05, 0.1) is 15.9 Å². The lowest BCUT2D eigenvalue weighted by Gasteiger charge is -2.06. The summed E-state index contributed by atoms with van der Waals surface area (Å²) in [6.45, 7) is 6.16. The SMILES string of the molecule is CCc1nn(CC)c(CNC2CC2)c1Br. The van der Waals surface area contributed by atoms with Crippen LogP contribution in [-0.4, -0.2) is 15.8 Å². The van der Waals surface area contributed by atoms with E-state index in [0.717, 1.165) is 25.6 Å². The molecule has 0 atom stereocenters. The van der Waals surface area contributed by atoms with Gasteiger partial charge in [-0.15, -0.1) is 0 Å². The summed E-state index contributed by atoms with van der Waals surface area (Å²) in [5, 5.41) is 8.11. The average molecular weight is 272 g/mol. The zero-order valence-electron chi connectivity index (χ0n) is 9.39. The van der Waals surface area contributed by atoms with Crippen LogP contribution in [0.1, 0.15) is 38.1 Å². The molecule has 0 bridgehead atoms. The van der Waals surface area contributed by atoms with Crippen molar-refractivity contribution in [2.45, 2.75) is 52.2 Å². The molecule has 0 saturated heterocycles. The van der Waals surface area contributed by atoms with E-state index in [1.165, 1.54) is 28.7 Å². The van der Waals surface area contributed by atoms with Gasteiger partial charge in [0.1, 0.15) is 0 Å². The zero-order chi connectivity index (χ0) is 10.8. The third kappa shape index (κ3) is 2.42. The monoisotopic (exact) mass is 271 g/mol. The molecule has 0 radical (unpaired) electrons. The first-order valence-electron chi connectivity index (χ1n) is 5.73. The van der Waals surface area contributed by atoms with E-state index in [1.54, 1.807) is 0 Å². The largest absolute Gasteiger partial charge is 0.308 e. The third-order valence-electron chi connectivity index (χ3n) is 2.83. The molecule has 1 aliphatic rings. The molecular weight excluding hydrogens is 254 g/mol. The van der Waals surface area contributed by atoms with E-state index in [-0.39, 0.29) is 0 Å². The lowest BCUT2D eigenvalue weighted by Crippen LogP contribution is -2.18. The third-order valence-corrected chi connectivity index (χ3v) is 3.75. The summed E-state index contributed by atoms with van der Waals surface area (Å²) in [7, 11) is 0. The van der Waals surface area contributed by atoms with Crippen molar-refractivity contribution in [3.8, 4) is 0 Å². The summed E-state index contributed by atoms with van der Waals surface area (Å²) >= 11 is 3.65. The molecule has 1 aromatic heterocycles. The van der Waals surface area contributed by atoms with Crippen molar-refractivity contribution in [2.75, 3.05) is 0 Å². The highest BCUT2D eigenvalue weighted by atomic mass is 79.9. The number of rotatable bonds is 5. The van der Waals surface area contributed by atoms with Crippen molar-refractivity contribution in [3.63, 3.8) is 0 Å². The van der Waals surface area contributed by atoms with Crippen LogP contribution in [0.5, 0.6) is 0 Å². The quantitative estimate of drug-likeness (QED) is 0.892. The van der Waals surface area contributed by atoms with Crippen molar-refractivity contribution < 1.29 is 0 Å².